The fourth-order valence-electron chi connectivity index (χ4n) is 2.11. The Bertz CT molecular complexity index is 762. The smallest absolute Gasteiger partial charge is 0.346 e. The van der Waals surface area contributed by atoms with E-state index in [1.165, 1.54) is 11.3 Å². The number of carboxylic acids is 1. The van der Waals surface area contributed by atoms with E-state index in [0.717, 1.165) is 25.7 Å². The van der Waals surface area contributed by atoms with Gasteiger partial charge in [-0.3, -0.25) is 0 Å². The highest BCUT2D eigenvalue weighted by atomic mass is 79.9. The van der Waals surface area contributed by atoms with Gasteiger partial charge in [0.25, 0.3) is 0 Å². The van der Waals surface area contributed by atoms with Crippen molar-refractivity contribution in [1.82, 2.24) is 0 Å². The summed E-state index contributed by atoms with van der Waals surface area (Å²) >= 11 is 4.73. The molecule has 0 aliphatic rings. The second-order valence-corrected chi connectivity index (χ2v) is 6.09. The van der Waals surface area contributed by atoms with E-state index in [-0.39, 0.29) is 0 Å². The molecule has 19 heavy (non-hydrogen) atoms. The number of benzene rings is 2. The molecule has 0 unspecified atom stereocenters. The Morgan fingerprint density at radius 2 is 1.84 bits per heavy atom. The molecular weight excluding hydrogens is 324 g/mol. The number of hydrogen-bond acceptors (Lipinski definition) is 2. The van der Waals surface area contributed by atoms with E-state index in [0.29, 0.717) is 4.88 Å². The molecule has 2 nitrogen and oxygen atoms in total. The minimum atomic E-state index is -0.879. The van der Waals surface area contributed by atoms with Gasteiger partial charge in [0.15, 0.2) is 0 Å². The van der Waals surface area contributed by atoms with Crippen molar-refractivity contribution in [2.24, 2.45) is 0 Å². The molecule has 0 fully saturated rings. The summed E-state index contributed by atoms with van der Waals surface area (Å²) < 4.78 is 1.93. The standard InChI is InChI=1S/C15H9BrO2S/c16-10-6-7-11-12(8-10)19-14(15(17)18)13(11)9-4-2-1-3-5-9/h1-8H,(H,17,18). The lowest BCUT2D eigenvalue weighted by molar-refractivity contribution is 0.0703. The lowest BCUT2D eigenvalue weighted by atomic mass is 10.0. The van der Waals surface area contributed by atoms with Crippen LogP contribution in [0.1, 0.15) is 9.67 Å². The summed E-state index contributed by atoms with van der Waals surface area (Å²) in [6, 6.07) is 15.5. The summed E-state index contributed by atoms with van der Waals surface area (Å²) in [4.78, 5) is 11.8. The van der Waals surface area contributed by atoms with Crippen molar-refractivity contribution in [3.63, 3.8) is 0 Å². The summed E-state index contributed by atoms with van der Waals surface area (Å²) in [5, 5.41) is 10.4. The average molecular weight is 333 g/mol. The molecule has 0 spiro atoms. The fourth-order valence-corrected chi connectivity index (χ4v) is 3.73. The molecule has 0 atom stereocenters. The highest BCUT2D eigenvalue weighted by Crippen LogP contribution is 2.39. The zero-order chi connectivity index (χ0) is 13.4. The van der Waals surface area contributed by atoms with Crippen LogP contribution in [-0.4, -0.2) is 11.1 Å². The van der Waals surface area contributed by atoms with Crippen LogP contribution in [0.15, 0.2) is 53.0 Å². The van der Waals surface area contributed by atoms with Gasteiger partial charge in [-0.1, -0.05) is 52.3 Å². The fraction of sp³-hybridized carbons (Fsp3) is 0. The van der Waals surface area contributed by atoms with E-state index in [2.05, 4.69) is 15.9 Å². The van der Waals surface area contributed by atoms with E-state index < -0.39 is 5.97 Å². The SMILES string of the molecule is O=C(O)c1sc2cc(Br)ccc2c1-c1ccccc1. The third kappa shape index (κ3) is 2.17. The molecule has 3 aromatic rings. The second kappa shape index (κ2) is 4.79. The van der Waals surface area contributed by atoms with Crippen LogP contribution in [0.4, 0.5) is 0 Å². The third-order valence-electron chi connectivity index (χ3n) is 2.91. The summed E-state index contributed by atoms with van der Waals surface area (Å²) in [6.07, 6.45) is 0. The Labute approximate surface area is 122 Å². The van der Waals surface area contributed by atoms with Gasteiger partial charge in [0.2, 0.25) is 0 Å². The quantitative estimate of drug-likeness (QED) is 0.714. The predicted molar refractivity (Wildman–Crippen MR) is 81.9 cm³/mol. The highest BCUT2D eigenvalue weighted by Gasteiger charge is 2.18. The lowest BCUT2D eigenvalue weighted by Gasteiger charge is -2.02. The number of thiophene rings is 1. The van der Waals surface area contributed by atoms with Crippen LogP contribution in [0.2, 0.25) is 0 Å². The van der Waals surface area contributed by atoms with Gasteiger partial charge in [-0.2, -0.15) is 0 Å². The molecule has 0 bridgehead atoms. The minimum absolute atomic E-state index is 0.388. The summed E-state index contributed by atoms with van der Waals surface area (Å²) in [6.45, 7) is 0. The van der Waals surface area contributed by atoms with Crippen LogP contribution < -0.4 is 0 Å². The Morgan fingerprint density at radius 1 is 1.11 bits per heavy atom. The number of fused-ring (bicyclic) bond motifs is 1. The van der Waals surface area contributed by atoms with Gasteiger partial charge in [-0.15, -0.1) is 11.3 Å². The number of carboxylic acid groups (broad SMARTS) is 1. The number of aromatic carboxylic acids is 1. The number of carbonyl (C=O) groups is 1. The molecule has 0 saturated carbocycles. The maximum absolute atomic E-state index is 11.4. The first kappa shape index (κ1) is 12.4. The van der Waals surface area contributed by atoms with Crippen LogP contribution in [-0.2, 0) is 0 Å². The van der Waals surface area contributed by atoms with Crippen LogP contribution in [0.5, 0.6) is 0 Å². The third-order valence-corrected chi connectivity index (χ3v) is 4.54. The molecule has 3 rings (SSSR count). The number of rotatable bonds is 2. The number of halogens is 1. The Balaban J connectivity index is 2.38. The van der Waals surface area contributed by atoms with Crippen molar-refractivity contribution in [3.8, 4) is 11.1 Å². The molecular formula is C15H9BrO2S. The zero-order valence-electron chi connectivity index (χ0n) is 9.76. The normalized spacial score (nSPS) is 10.8. The zero-order valence-corrected chi connectivity index (χ0v) is 12.2. The molecule has 0 saturated heterocycles. The van der Waals surface area contributed by atoms with E-state index in [4.69, 9.17) is 0 Å². The predicted octanol–water partition coefficient (Wildman–Crippen LogP) is 5.03. The molecule has 0 radical (unpaired) electrons. The first-order valence-electron chi connectivity index (χ1n) is 5.67. The van der Waals surface area contributed by atoms with Gasteiger partial charge < -0.3 is 5.11 Å². The van der Waals surface area contributed by atoms with Crippen molar-refractivity contribution in [2.45, 2.75) is 0 Å². The van der Waals surface area contributed by atoms with Gasteiger partial charge in [-0.25, -0.2) is 4.79 Å². The molecule has 0 aliphatic carbocycles. The molecule has 1 N–H and O–H groups in total. The van der Waals surface area contributed by atoms with Crippen molar-refractivity contribution >= 4 is 43.3 Å². The molecule has 0 aliphatic heterocycles. The first-order chi connectivity index (χ1) is 9.16. The van der Waals surface area contributed by atoms with Gasteiger partial charge in [0, 0.05) is 20.1 Å². The maximum Gasteiger partial charge on any atom is 0.346 e. The van der Waals surface area contributed by atoms with Crippen molar-refractivity contribution in [3.05, 3.63) is 57.9 Å². The Morgan fingerprint density at radius 3 is 2.53 bits per heavy atom. The molecule has 1 heterocycles. The second-order valence-electron chi connectivity index (χ2n) is 4.12. The van der Waals surface area contributed by atoms with Gasteiger partial charge in [0.1, 0.15) is 4.88 Å². The topological polar surface area (TPSA) is 37.3 Å². The molecule has 1 aromatic heterocycles. The van der Waals surface area contributed by atoms with Crippen LogP contribution in [0, 0.1) is 0 Å². The molecule has 4 heteroatoms. The van der Waals surface area contributed by atoms with Crippen LogP contribution in [0.25, 0.3) is 21.2 Å². The number of hydrogen-bond donors (Lipinski definition) is 1. The molecule has 2 aromatic carbocycles. The van der Waals surface area contributed by atoms with Crippen molar-refractivity contribution in [2.75, 3.05) is 0 Å². The maximum atomic E-state index is 11.4. The Hall–Kier alpha value is -1.65. The van der Waals surface area contributed by atoms with Crippen molar-refractivity contribution in [1.29, 1.82) is 0 Å². The summed E-state index contributed by atoms with van der Waals surface area (Å²) in [5.41, 5.74) is 1.74. The largest absolute Gasteiger partial charge is 0.477 e. The summed E-state index contributed by atoms with van der Waals surface area (Å²) in [7, 11) is 0. The minimum Gasteiger partial charge on any atom is -0.477 e. The van der Waals surface area contributed by atoms with E-state index >= 15 is 0 Å². The summed E-state index contributed by atoms with van der Waals surface area (Å²) in [5.74, 6) is -0.879. The first-order valence-corrected chi connectivity index (χ1v) is 7.28. The highest BCUT2D eigenvalue weighted by molar-refractivity contribution is 9.10. The molecule has 0 amide bonds. The molecule has 94 valence electrons. The van der Waals surface area contributed by atoms with Crippen molar-refractivity contribution < 1.29 is 9.90 Å². The van der Waals surface area contributed by atoms with Gasteiger partial charge in [0.05, 0.1) is 0 Å². The van der Waals surface area contributed by atoms with Crippen LogP contribution in [0.3, 0.4) is 0 Å². The van der Waals surface area contributed by atoms with Gasteiger partial charge in [-0.05, 0) is 17.7 Å². The van der Waals surface area contributed by atoms with Crippen LogP contribution >= 0.6 is 27.3 Å². The van der Waals surface area contributed by atoms with E-state index in [1.54, 1.807) is 0 Å². The van der Waals surface area contributed by atoms with E-state index in [1.807, 2.05) is 48.5 Å². The average Bonchev–Trinajstić information content (AvgIpc) is 2.78. The lowest BCUT2D eigenvalue weighted by Crippen LogP contribution is -1.94. The Kier molecular flexibility index (Phi) is 3.12. The monoisotopic (exact) mass is 332 g/mol. The van der Waals surface area contributed by atoms with Gasteiger partial charge >= 0.3 is 5.97 Å². The van der Waals surface area contributed by atoms with E-state index in [9.17, 15) is 9.90 Å².